The molecule has 1 atom stereocenters. The molecule has 3 rings (SSSR count). The summed E-state index contributed by atoms with van der Waals surface area (Å²) in [6, 6.07) is 10.8. The minimum absolute atomic E-state index is 0.0540. The number of carbonyl (C=O) groups excluding carboxylic acids is 2. The van der Waals surface area contributed by atoms with Crippen LogP contribution in [0.5, 0.6) is 0 Å². The first kappa shape index (κ1) is 25.0. The standard InChI is InChI=1S/C22H26N2O7S2/c1-3-32(27)20-7-5-4-6-18(20)22(26)31-15-21(25)23-19-14-17(9-8-16(19)2)33(28,29)24-10-12-30-13-11-24/h4-9,14H,3,10-13,15H2,1-2H3,(H,23,25)/t32-/m0/s1. The molecule has 1 saturated heterocycles. The van der Waals surface area contributed by atoms with Crippen molar-refractivity contribution in [1.29, 1.82) is 0 Å². The molecule has 178 valence electrons. The van der Waals surface area contributed by atoms with E-state index in [1.54, 1.807) is 38.1 Å². The van der Waals surface area contributed by atoms with Gasteiger partial charge in [0.1, 0.15) is 0 Å². The van der Waals surface area contributed by atoms with Crippen molar-refractivity contribution in [2.45, 2.75) is 23.6 Å². The quantitative estimate of drug-likeness (QED) is 0.557. The fraction of sp³-hybridized carbons (Fsp3) is 0.364. The van der Waals surface area contributed by atoms with Crippen molar-refractivity contribution in [2.24, 2.45) is 0 Å². The zero-order valence-corrected chi connectivity index (χ0v) is 20.0. The van der Waals surface area contributed by atoms with Gasteiger partial charge in [-0.2, -0.15) is 4.31 Å². The molecule has 2 aromatic carbocycles. The summed E-state index contributed by atoms with van der Waals surface area (Å²) in [6.07, 6.45) is 0. The number of rotatable bonds is 8. The van der Waals surface area contributed by atoms with Crippen LogP contribution < -0.4 is 5.32 Å². The van der Waals surface area contributed by atoms with Crippen LogP contribution in [0, 0.1) is 6.92 Å². The fourth-order valence-corrected chi connectivity index (χ4v) is 5.59. The normalized spacial score (nSPS) is 15.6. The summed E-state index contributed by atoms with van der Waals surface area (Å²) in [4.78, 5) is 25.3. The van der Waals surface area contributed by atoms with Crippen LogP contribution in [-0.2, 0) is 35.1 Å². The van der Waals surface area contributed by atoms with Gasteiger partial charge in [0, 0.05) is 24.5 Å². The smallest absolute Gasteiger partial charge is 0.339 e. The Morgan fingerprint density at radius 2 is 1.85 bits per heavy atom. The van der Waals surface area contributed by atoms with Crippen LogP contribution in [0.3, 0.4) is 0 Å². The lowest BCUT2D eigenvalue weighted by Gasteiger charge is -2.26. The van der Waals surface area contributed by atoms with Crippen molar-refractivity contribution >= 4 is 38.4 Å². The molecule has 1 heterocycles. The van der Waals surface area contributed by atoms with Crippen LogP contribution in [-0.4, -0.2) is 67.5 Å². The molecule has 0 aliphatic carbocycles. The maximum Gasteiger partial charge on any atom is 0.339 e. The molecule has 11 heteroatoms. The topological polar surface area (TPSA) is 119 Å². The van der Waals surface area contributed by atoms with Gasteiger partial charge in [-0.3, -0.25) is 9.00 Å². The highest BCUT2D eigenvalue weighted by Gasteiger charge is 2.27. The number of aryl methyl sites for hydroxylation is 1. The Labute approximate surface area is 195 Å². The summed E-state index contributed by atoms with van der Waals surface area (Å²) in [5.74, 6) is -1.04. The fourth-order valence-electron chi connectivity index (χ4n) is 3.22. The molecule has 33 heavy (non-hydrogen) atoms. The van der Waals surface area contributed by atoms with Gasteiger partial charge < -0.3 is 14.8 Å². The second-order valence-electron chi connectivity index (χ2n) is 7.25. The monoisotopic (exact) mass is 494 g/mol. The van der Waals surface area contributed by atoms with E-state index in [1.807, 2.05) is 0 Å². The largest absolute Gasteiger partial charge is 0.452 e. The molecule has 0 unspecified atom stereocenters. The van der Waals surface area contributed by atoms with E-state index in [1.165, 1.54) is 22.5 Å². The number of esters is 1. The molecule has 2 aromatic rings. The highest BCUT2D eigenvalue weighted by molar-refractivity contribution is 7.89. The van der Waals surface area contributed by atoms with Crippen molar-refractivity contribution < 1.29 is 31.7 Å². The van der Waals surface area contributed by atoms with Crippen LogP contribution in [0.4, 0.5) is 5.69 Å². The molecule has 9 nitrogen and oxygen atoms in total. The van der Waals surface area contributed by atoms with Crippen molar-refractivity contribution in [3.8, 4) is 0 Å². The number of nitrogens with one attached hydrogen (secondary N) is 1. The Bertz CT molecular complexity index is 1160. The highest BCUT2D eigenvalue weighted by atomic mass is 32.2. The second-order valence-corrected chi connectivity index (χ2v) is 10.9. The minimum atomic E-state index is -3.73. The predicted octanol–water partition coefficient (Wildman–Crippen LogP) is 1.94. The lowest BCUT2D eigenvalue weighted by atomic mass is 10.2. The first-order valence-electron chi connectivity index (χ1n) is 10.4. The molecule has 1 N–H and O–H groups in total. The van der Waals surface area contributed by atoms with Gasteiger partial charge in [-0.05, 0) is 36.8 Å². The molecule has 0 spiro atoms. The minimum Gasteiger partial charge on any atom is -0.452 e. The van der Waals surface area contributed by atoms with Gasteiger partial charge in [0.2, 0.25) is 10.0 Å². The number of hydrogen-bond acceptors (Lipinski definition) is 7. The summed E-state index contributed by atoms with van der Waals surface area (Å²) in [7, 11) is -5.08. The number of anilines is 1. The first-order valence-corrected chi connectivity index (χ1v) is 13.1. The number of carbonyl (C=O) groups is 2. The number of benzene rings is 2. The molecule has 0 radical (unpaired) electrons. The van der Waals surface area contributed by atoms with Gasteiger partial charge in [-0.1, -0.05) is 25.1 Å². The summed E-state index contributed by atoms with van der Waals surface area (Å²) in [5.41, 5.74) is 1.09. The number of ether oxygens (including phenoxy) is 2. The molecule has 1 amide bonds. The van der Waals surface area contributed by atoms with Crippen molar-refractivity contribution in [3.63, 3.8) is 0 Å². The molecule has 1 fully saturated rings. The van der Waals surface area contributed by atoms with Crippen LogP contribution in [0.25, 0.3) is 0 Å². The van der Waals surface area contributed by atoms with Gasteiger partial charge >= 0.3 is 5.97 Å². The third kappa shape index (κ3) is 6.05. The first-order chi connectivity index (χ1) is 15.7. The Kier molecular flexibility index (Phi) is 8.35. The Morgan fingerprint density at radius 3 is 2.55 bits per heavy atom. The summed E-state index contributed by atoms with van der Waals surface area (Å²) in [6.45, 7) is 4.07. The summed E-state index contributed by atoms with van der Waals surface area (Å²) >= 11 is 0. The number of morpholine rings is 1. The van der Waals surface area contributed by atoms with Crippen LogP contribution in [0.1, 0.15) is 22.8 Å². The Morgan fingerprint density at radius 1 is 1.15 bits per heavy atom. The average Bonchev–Trinajstić information content (AvgIpc) is 2.83. The Hall–Kier alpha value is -2.60. The zero-order chi connectivity index (χ0) is 24.0. The predicted molar refractivity (Wildman–Crippen MR) is 123 cm³/mol. The van der Waals surface area contributed by atoms with Gasteiger partial charge in [0.25, 0.3) is 5.91 Å². The number of hydrogen-bond donors (Lipinski definition) is 1. The van der Waals surface area contributed by atoms with E-state index in [-0.39, 0.29) is 23.5 Å². The molecule has 0 aromatic heterocycles. The van der Waals surface area contributed by atoms with Gasteiger partial charge in [-0.15, -0.1) is 0 Å². The molecule has 0 saturated carbocycles. The van der Waals surface area contributed by atoms with Crippen molar-refractivity contribution in [3.05, 3.63) is 53.6 Å². The number of amides is 1. The van der Waals surface area contributed by atoms with E-state index in [4.69, 9.17) is 9.47 Å². The van der Waals surface area contributed by atoms with Gasteiger partial charge in [0.05, 0.1) is 39.4 Å². The maximum absolute atomic E-state index is 12.9. The lowest BCUT2D eigenvalue weighted by Crippen LogP contribution is -2.40. The van der Waals surface area contributed by atoms with Crippen molar-refractivity contribution in [2.75, 3.05) is 44.0 Å². The van der Waals surface area contributed by atoms with Crippen molar-refractivity contribution in [1.82, 2.24) is 4.31 Å². The molecule has 1 aliphatic rings. The maximum atomic E-state index is 12.9. The average molecular weight is 495 g/mol. The molecule has 1 aliphatic heterocycles. The molecular formula is C22H26N2O7S2. The summed E-state index contributed by atoms with van der Waals surface area (Å²) in [5, 5.41) is 2.60. The third-order valence-corrected chi connectivity index (χ3v) is 8.31. The highest BCUT2D eigenvalue weighted by Crippen LogP contribution is 2.24. The second kappa shape index (κ2) is 11.0. The number of sulfonamides is 1. The lowest BCUT2D eigenvalue weighted by molar-refractivity contribution is -0.119. The van der Waals surface area contributed by atoms with E-state index in [0.717, 1.165) is 0 Å². The van der Waals surface area contributed by atoms with Gasteiger partial charge in [-0.25, -0.2) is 13.2 Å². The van der Waals surface area contributed by atoms with Crippen LogP contribution in [0.15, 0.2) is 52.3 Å². The van der Waals surface area contributed by atoms with E-state index in [9.17, 15) is 22.2 Å². The van der Waals surface area contributed by atoms with E-state index in [0.29, 0.717) is 35.1 Å². The number of nitrogens with zero attached hydrogens (tertiary/aromatic N) is 1. The van der Waals surface area contributed by atoms with E-state index >= 15 is 0 Å². The zero-order valence-electron chi connectivity index (χ0n) is 18.4. The summed E-state index contributed by atoms with van der Waals surface area (Å²) < 4.78 is 49.6. The Balaban J connectivity index is 1.68. The van der Waals surface area contributed by atoms with Gasteiger partial charge in [0.15, 0.2) is 6.61 Å². The SMILES string of the molecule is CC[S@](=O)c1ccccc1C(=O)OCC(=O)Nc1cc(S(=O)(=O)N2CCOCC2)ccc1C. The molecular weight excluding hydrogens is 468 g/mol. The van der Waals surface area contributed by atoms with Crippen LogP contribution >= 0.6 is 0 Å². The third-order valence-electron chi connectivity index (χ3n) is 5.04. The van der Waals surface area contributed by atoms with E-state index < -0.39 is 39.3 Å². The van der Waals surface area contributed by atoms with Crippen LogP contribution in [0.2, 0.25) is 0 Å². The van der Waals surface area contributed by atoms with E-state index in [2.05, 4.69) is 5.32 Å². The molecule has 0 bridgehead atoms.